The zero-order valence-electron chi connectivity index (χ0n) is 37.9. The number of likely N-dealkylation sites (tertiary alicyclic amines) is 1. The van der Waals surface area contributed by atoms with Gasteiger partial charge in [0.25, 0.3) is 0 Å². The number of rotatable bonds is 28. The second-order valence-corrected chi connectivity index (χ2v) is 16.8. The van der Waals surface area contributed by atoms with E-state index in [1.165, 1.54) is 11.8 Å². The Bertz CT molecular complexity index is 1730. The first-order valence-electron chi connectivity index (χ1n) is 21.6. The summed E-state index contributed by atoms with van der Waals surface area (Å²) in [6, 6.07) is -9.74. The maximum absolute atomic E-state index is 14.1. The average molecular weight is 961 g/mol. The van der Waals surface area contributed by atoms with E-state index in [4.69, 9.17) is 5.73 Å². The maximum atomic E-state index is 14.1. The van der Waals surface area contributed by atoms with Crippen molar-refractivity contribution in [2.45, 2.75) is 135 Å². The molecule has 0 aromatic carbocycles. The number of carbonyl (C=O) groups is 11. The lowest BCUT2D eigenvalue weighted by molar-refractivity contribution is -0.144. The summed E-state index contributed by atoms with van der Waals surface area (Å²) in [6.45, 7) is 10.6. The summed E-state index contributed by atoms with van der Waals surface area (Å²) in [5.74, 6) is -11.2. The first-order chi connectivity index (χ1) is 30.5. The first kappa shape index (κ1) is 57.8. The molecule has 1 fully saturated rings. The predicted octanol–water partition coefficient (Wildman–Crippen LogP) is -2.98. The van der Waals surface area contributed by atoms with Crippen molar-refractivity contribution in [3.05, 3.63) is 0 Å². The van der Waals surface area contributed by atoms with E-state index in [1.54, 1.807) is 41.5 Å². The lowest BCUT2D eigenvalue weighted by Gasteiger charge is -2.33. The van der Waals surface area contributed by atoms with Crippen LogP contribution in [0.25, 0.3) is 0 Å². The van der Waals surface area contributed by atoms with Crippen molar-refractivity contribution in [2.75, 3.05) is 31.1 Å². The van der Waals surface area contributed by atoms with Gasteiger partial charge < -0.3 is 63.4 Å². The maximum Gasteiger partial charge on any atom is 0.327 e. The third-order valence-corrected chi connectivity index (χ3v) is 11.9. The van der Waals surface area contributed by atoms with E-state index in [9.17, 15) is 63.0 Å². The van der Waals surface area contributed by atoms with Gasteiger partial charge in [0.15, 0.2) is 0 Å². The SMILES string of the molecule is CC[C@H](C)[C@H](NC(=O)CNC(=O)[C@H](C)NC(=O)CNC(=O)[C@@H](NC(=O)[C@@H]1CCCN1C(=O)[C@@H](NC(=O)[C@H](CC(=O)O)NC(=O)[C@@H](N)CS)[C@@H](C)CC)[C@@H](C)CC)C(=O)N[C@@H](CS)C(=O)O. The highest BCUT2D eigenvalue weighted by molar-refractivity contribution is 7.80. The number of hydrogen-bond acceptors (Lipinski definition) is 14. The van der Waals surface area contributed by atoms with E-state index < -0.39 is 151 Å². The zero-order valence-corrected chi connectivity index (χ0v) is 39.7. The molecule has 0 unspecified atom stereocenters. The van der Waals surface area contributed by atoms with Crippen LogP contribution in [0.2, 0.25) is 0 Å². The Morgan fingerprint density at radius 2 is 1.12 bits per heavy atom. The van der Waals surface area contributed by atoms with E-state index in [0.717, 1.165) is 0 Å². The molecule has 0 saturated carbocycles. The smallest absolute Gasteiger partial charge is 0.327 e. The van der Waals surface area contributed by atoms with Gasteiger partial charge in [-0.05, 0) is 37.5 Å². The van der Waals surface area contributed by atoms with Gasteiger partial charge in [-0.25, -0.2) is 4.79 Å². The predicted molar refractivity (Wildman–Crippen MR) is 242 cm³/mol. The summed E-state index contributed by atoms with van der Waals surface area (Å²) in [7, 11) is 0. The lowest BCUT2D eigenvalue weighted by atomic mass is 9.96. The van der Waals surface area contributed by atoms with E-state index in [0.29, 0.717) is 25.7 Å². The molecule has 0 radical (unpaired) electrons. The summed E-state index contributed by atoms with van der Waals surface area (Å²) in [6.07, 6.45) is 1.08. The third-order valence-electron chi connectivity index (χ3n) is 11.2. The fourth-order valence-corrected chi connectivity index (χ4v) is 6.86. The van der Waals surface area contributed by atoms with Crippen LogP contribution in [0.3, 0.4) is 0 Å². The molecule has 12 N–H and O–H groups in total. The fraction of sp³-hybridized carbons (Fsp3) is 0.725. The Morgan fingerprint density at radius 1 is 0.615 bits per heavy atom. The highest BCUT2D eigenvalue weighted by atomic mass is 32.1. The molecule has 1 heterocycles. The van der Waals surface area contributed by atoms with Gasteiger partial charge in [0, 0.05) is 18.1 Å². The molecule has 9 amide bonds. The van der Waals surface area contributed by atoms with Crippen molar-refractivity contribution in [1.82, 2.24) is 47.4 Å². The number of carboxylic acids is 2. The molecule has 1 rings (SSSR count). The minimum absolute atomic E-state index is 0.0799. The number of nitrogens with zero attached hydrogens (tertiary/aromatic N) is 1. The molecule has 0 aliphatic carbocycles. The average Bonchev–Trinajstić information content (AvgIpc) is 3.77. The first-order valence-corrected chi connectivity index (χ1v) is 22.8. The highest BCUT2D eigenvalue weighted by Gasteiger charge is 2.42. The molecule has 11 atom stereocenters. The van der Waals surface area contributed by atoms with Gasteiger partial charge in [-0.3, -0.25) is 47.9 Å². The minimum atomic E-state index is -1.57. The van der Waals surface area contributed by atoms with E-state index in [-0.39, 0.29) is 24.5 Å². The van der Waals surface area contributed by atoms with E-state index in [2.05, 4.69) is 67.8 Å². The topological polar surface area (TPSA) is 354 Å². The molecule has 0 spiro atoms. The van der Waals surface area contributed by atoms with Crippen LogP contribution in [0.1, 0.15) is 87.0 Å². The quantitative estimate of drug-likeness (QED) is 0.0349. The molecule has 25 heteroatoms. The number of carbonyl (C=O) groups excluding carboxylic acids is 9. The Labute approximate surface area is 389 Å². The summed E-state index contributed by atoms with van der Waals surface area (Å²) >= 11 is 7.88. The van der Waals surface area contributed by atoms with Gasteiger partial charge in [0.2, 0.25) is 53.2 Å². The van der Waals surface area contributed by atoms with Crippen molar-refractivity contribution in [3.8, 4) is 0 Å². The number of amides is 9. The second kappa shape index (κ2) is 28.7. The van der Waals surface area contributed by atoms with Crippen molar-refractivity contribution in [2.24, 2.45) is 23.5 Å². The Morgan fingerprint density at radius 3 is 1.63 bits per heavy atom. The summed E-state index contributed by atoms with van der Waals surface area (Å²) < 4.78 is 0. The zero-order chi connectivity index (χ0) is 49.7. The second-order valence-electron chi connectivity index (χ2n) is 16.1. The van der Waals surface area contributed by atoms with Crippen LogP contribution < -0.4 is 48.3 Å². The Balaban J connectivity index is 2.97. The molecule has 23 nitrogen and oxygen atoms in total. The van der Waals surface area contributed by atoms with Crippen molar-refractivity contribution >= 4 is 90.4 Å². The normalized spacial score (nSPS) is 18.0. The molecule has 0 aromatic heterocycles. The summed E-state index contributed by atoms with van der Waals surface area (Å²) in [5.41, 5.74) is 5.69. The van der Waals surface area contributed by atoms with Gasteiger partial charge in [0.05, 0.1) is 25.6 Å². The highest BCUT2D eigenvalue weighted by Crippen LogP contribution is 2.22. The van der Waals surface area contributed by atoms with Crippen LogP contribution in [0.5, 0.6) is 0 Å². The van der Waals surface area contributed by atoms with Gasteiger partial charge >= 0.3 is 11.9 Å². The van der Waals surface area contributed by atoms with E-state index in [1.807, 2.05) is 0 Å². The lowest BCUT2D eigenvalue weighted by Crippen LogP contribution is -2.60. The molecule has 0 bridgehead atoms. The van der Waals surface area contributed by atoms with Crippen LogP contribution in [0.15, 0.2) is 0 Å². The Kier molecular flexibility index (Phi) is 25.5. The van der Waals surface area contributed by atoms with Crippen LogP contribution >= 0.6 is 25.3 Å². The van der Waals surface area contributed by atoms with Gasteiger partial charge in [-0.15, -0.1) is 0 Å². The monoisotopic (exact) mass is 960 g/mol. The fourth-order valence-electron chi connectivity index (χ4n) is 6.44. The molecule has 0 aromatic rings. The van der Waals surface area contributed by atoms with Crippen LogP contribution in [0.4, 0.5) is 0 Å². The molecule has 368 valence electrons. The minimum Gasteiger partial charge on any atom is -0.481 e. The van der Waals surface area contributed by atoms with Gasteiger partial charge in [-0.2, -0.15) is 25.3 Å². The number of nitrogens with two attached hydrogens (primary N) is 1. The van der Waals surface area contributed by atoms with Gasteiger partial charge in [-0.1, -0.05) is 60.8 Å². The molecule has 1 aliphatic rings. The summed E-state index contributed by atoms with van der Waals surface area (Å²) in [4.78, 5) is 142. The molecule has 1 aliphatic heterocycles. The van der Waals surface area contributed by atoms with Gasteiger partial charge in [0.1, 0.15) is 42.3 Å². The third kappa shape index (κ3) is 18.7. The molecular weight excluding hydrogens is 893 g/mol. The van der Waals surface area contributed by atoms with Crippen LogP contribution in [-0.4, -0.2) is 160 Å². The summed E-state index contributed by atoms with van der Waals surface area (Å²) in [5, 5.41) is 38.2. The van der Waals surface area contributed by atoms with Crippen molar-refractivity contribution in [1.29, 1.82) is 0 Å². The van der Waals surface area contributed by atoms with Crippen LogP contribution in [0, 0.1) is 17.8 Å². The number of hydrogen-bond donors (Lipinski definition) is 13. The standard InChI is InChI=1S/C40H68N10O13S2/c1-8-19(4)30(37(59)43-15-27(51)44-22(7)33(55)42-16-28(52)47-31(20(5)9-2)38(60)46-25(18-65)40(62)63)48-36(58)26-12-11-13-50(26)39(61)32(21(6)10-3)49-35(57)24(14-29(53)54)45-34(56)23(41)17-64/h19-26,30-32,64-65H,8-18,41H2,1-7H3,(H,42,55)(H,43,59)(H,44,51)(H,45,56)(H,46,60)(H,47,52)(H,48,58)(H,49,57)(H,53,54)(H,62,63)/t19-,20-,21-,22-,23-,24-,25-,26-,30-,31-,32-/m0/s1. The molecule has 65 heavy (non-hydrogen) atoms. The number of aliphatic carboxylic acids is 2. The number of carboxylic acid groups (broad SMARTS) is 2. The van der Waals surface area contributed by atoms with Crippen LogP contribution in [-0.2, 0) is 52.7 Å². The largest absolute Gasteiger partial charge is 0.481 e. The Hall–Kier alpha value is -5.17. The molecular formula is C40H68N10O13S2. The number of thiol groups is 2. The van der Waals surface area contributed by atoms with Crippen molar-refractivity contribution < 1.29 is 63.0 Å². The molecule has 1 saturated heterocycles. The van der Waals surface area contributed by atoms with Crippen molar-refractivity contribution in [3.63, 3.8) is 0 Å². The van der Waals surface area contributed by atoms with E-state index >= 15 is 0 Å². The number of nitrogens with one attached hydrogen (secondary N) is 8.